The number of amides is 1. The van der Waals surface area contributed by atoms with Crippen LogP contribution >= 0.6 is 0 Å². The van der Waals surface area contributed by atoms with Crippen LogP contribution in [-0.4, -0.2) is 47.6 Å². The molecule has 1 aromatic heterocycles. The minimum atomic E-state index is 0.0638. The third-order valence-electron chi connectivity index (χ3n) is 3.36. The van der Waals surface area contributed by atoms with E-state index in [9.17, 15) is 4.79 Å². The van der Waals surface area contributed by atoms with Crippen LogP contribution in [0.3, 0.4) is 0 Å². The number of piperidine rings is 1. The highest BCUT2D eigenvalue weighted by Gasteiger charge is 2.26. The van der Waals surface area contributed by atoms with E-state index in [4.69, 9.17) is 4.74 Å². The molecule has 2 rings (SSSR count). The molecule has 5 nitrogen and oxygen atoms in total. The molecule has 98 valence electrons. The molecular weight excluding hydrogens is 230 g/mol. The van der Waals surface area contributed by atoms with Crippen LogP contribution in [-0.2, 0) is 9.53 Å². The minimum absolute atomic E-state index is 0.0638. The van der Waals surface area contributed by atoms with Crippen molar-refractivity contribution in [2.75, 3.05) is 26.8 Å². The average Bonchev–Trinajstić information content (AvgIpc) is 2.40. The molecule has 0 aliphatic carbocycles. The number of likely N-dealkylation sites (tertiary alicyclic amines) is 1. The second-order valence-corrected chi connectivity index (χ2v) is 4.70. The van der Waals surface area contributed by atoms with Gasteiger partial charge in [-0.1, -0.05) is 0 Å². The number of methoxy groups -OCH3 is 1. The molecule has 0 bridgehead atoms. The van der Waals surface area contributed by atoms with E-state index in [2.05, 4.69) is 9.97 Å². The van der Waals surface area contributed by atoms with Crippen LogP contribution in [0.4, 0.5) is 0 Å². The summed E-state index contributed by atoms with van der Waals surface area (Å²) in [7, 11) is 1.55. The summed E-state index contributed by atoms with van der Waals surface area (Å²) < 4.78 is 4.90. The van der Waals surface area contributed by atoms with Crippen molar-refractivity contribution in [1.29, 1.82) is 0 Å². The lowest BCUT2D eigenvalue weighted by molar-refractivity contribution is -0.136. The van der Waals surface area contributed by atoms with Crippen molar-refractivity contribution < 1.29 is 9.53 Å². The number of carbonyl (C=O) groups is 1. The van der Waals surface area contributed by atoms with E-state index in [1.54, 1.807) is 13.4 Å². The summed E-state index contributed by atoms with van der Waals surface area (Å²) >= 11 is 0. The van der Waals surface area contributed by atoms with Crippen LogP contribution in [0, 0.1) is 6.92 Å². The largest absolute Gasteiger partial charge is 0.375 e. The number of carbonyl (C=O) groups excluding carboxylic acids is 1. The summed E-state index contributed by atoms with van der Waals surface area (Å²) in [5, 5.41) is 0. The normalized spacial score (nSPS) is 19.9. The predicted octanol–water partition coefficient (Wildman–Crippen LogP) is 1.14. The Morgan fingerprint density at radius 2 is 2.44 bits per heavy atom. The first-order valence-electron chi connectivity index (χ1n) is 6.25. The Morgan fingerprint density at radius 3 is 3.17 bits per heavy atom. The Morgan fingerprint density at radius 1 is 1.61 bits per heavy atom. The maximum atomic E-state index is 11.8. The zero-order valence-corrected chi connectivity index (χ0v) is 10.9. The summed E-state index contributed by atoms with van der Waals surface area (Å²) in [5.41, 5.74) is 2.17. The first-order chi connectivity index (χ1) is 8.72. The molecule has 2 heterocycles. The standard InChI is InChI=1S/C13H19N3O2/c1-10-6-14-9-15-13(10)11-4-3-5-16(7-11)12(17)8-18-2/h6,9,11H,3-5,7-8H2,1-2H3/t11-/m1/s1. The van der Waals surface area contributed by atoms with Gasteiger partial charge in [0.15, 0.2) is 0 Å². The van der Waals surface area contributed by atoms with E-state index < -0.39 is 0 Å². The smallest absolute Gasteiger partial charge is 0.248 e. The summed E-state index contributed by atoms with van der Waals surface area (Å²) in [4.78, 5) is 22.1. The predicted molar refractivity (Wildman–Crippen MR) is 67.2 cm³/mol. The number of hydrogen-bond donors (Lipinski definition) is 0. The number of aromatic nitrogens is 2. The molecule has 1 aliphatic heterocycles. The Bertz CT molecular complexity index is 422. The van der Waals surface area contributed by atoms with Crippen molar-refractivity contribution in [2.24, 2.45) is 0 Å². The monoisotopic (exact) mass is 249 g/mol. The van der Waals surface area contributed by atoms with E-state index in [0.29, 0.717) is 5.92 Å². The zero-order chi connectivity index (χ0) is 13.0. The van der Waals surface area contributed by atoms with Gasteiger partial charge in [-0.15, -0.1) is 0 Å². The molecule has 18 heavy (non-hydrogen) atoms. The van der Waals surface area contributed by atoms with Crippen molar-refractivity contribution in [3.05, 3.63) is 23.8 Å². The summed E-state index contributed by atoms with van der Waals surface area (Å²) in [6.45, 7) is 3.74. The highest BCUT2D eigenvalue weighted by Crippen LogP contribution is 2.27. The quantitative estimate of drug-likeness (QED) is 0.806. The number of ether oxygens (including phenoxy) is 1. The highest BCUT2D eigenvalue weighted by molar-refractivity contribution is 5.77. The van der Waals surface area contributed by atoms with Crippen molar-refractivity contribution in [2.45, 2.75) is 25.7 Å². The number of rotatable bonds is 3. The molecular formula is C13H19N3O2. The molecule has 1 aliphatic rings. The lowest BCUT2D eigenvalue weighted by Crippen LogP contribution is -2.41. The first-order valence-corrected chi connectivity index (χ1v) is 6.25. The molecule has 1 saturated heterocycles. The van der Waals surface area contributed by atoms with Crippen molar-refractivity contribution in [3.63, 3.8) is 0 Å². The number of nitrogens with zero attached hydrogens (tertiary/aromatic N) is 3. The van der Waals surface area contributed by atoms with Gasteiger partial charge in [-0.25, -0.2) is 9.97 Å². The molecule has 0 N–H and O–H groups in total. The van der Waals surface area contributed by atoms with Gasteiger partial charge in [-0.2, -0.15) is 0 Å². The fraction of sp³-hybridized carbons (Fsp3) is 0.615. The average molecular weight is 249 g/mol. The van der Waals surface area contributed by atoms with Crippen LogP contribution in [0.5, 0.6) is 0 Å². The fourth-order valence-electron chi connectivity index (χ4n) is 2.48. The Hall–Kier alpha value is -1.49. The van der Waals surface area contributed by atoms with Gasteiger partial charge in [-0.05, 0) is 25.3 Å². The van der Waals surface area contributed by atoms with Gasteiger partial charge in [0.05, 0.1) is 5.69 Å². The molecule has 1 atom stereocenters. The lowest BCUT2D eigenvalue weighted by Gasteiger charge is -2.32. The van der Waals surface area contributed by atoms with Gasteiger partial charge in [0.2, 0.25) is 5.91 Å². The van der Waals surface area contributed by atoms with Gasteiger partial charge < -0.3 is 9.64 Å². The van der Waals surface area contributed by atoms with E-state index in [0.717, 1.165) is 37.2 Å². The van der Waals surface area contributed by atoms with Crippen LogP contribution in [0.1, 0.15) is 30.0 Å². The van der Waals surface area contributed by atoms with Crippen LogP contribution in [0.25, 0.3) is 0 Å². The summed E-state index contributed by atoms with van der Waals surface area (Å²) in [5.74, 6) is 0.386. The molecule has 0 radical (unpaired) electrons. The van der Waals surface area contributed by atoms with Crippen LogP contribution in [0.15, 0.2) is 12.5 Å². The third kappa shape index (κ3) is 2.85. The molecule has 0 saturated carbocycles. The molecule has 0 spiro atoms. The summed E-state index contributed by atoms with van der Waals surface area (Å²) in [6.07, 6.45) is 5.51. The highest BCUT2D eigenvalue weighted by atomic mass is 16.5. The molecule has 5 heteroatoms. The third-order valence-corrected chi connectivity index (χ3v) is 3.36. The maximum absolute atomic E-state index is 11.8. The van der Waals surface area contributed by atoms with Crippen LogP contribution < -0.4 is 0 Å². The minimum Gasteiger partial charge on any atom is -0.375 e. The molecule has 1 amide bonds. The van der Waals surface area contributed by atoms with Gasteiger partial charge in [0.1, 0.15) is 12.9 Å². The van der Waals surface area contributed by atoms with Gasteiger partial charge in [0, 0.05) is 32.3 Å². The summed E-state index contributed by atoms with van der Waals surface area (Å²) in [6, 6.07) is 0. The Labute approximate surface area is 107 Å². The Kier molecular flexibility index (Phi) is 4.25. The molecule has 0 unspecified atom stereocenters. The van der Waals surface area contributed by atoms with E-state index in [1.165, 1.54) is 0 Å². The first kappa shape index (κ1) is 13.0. The molecule has 0 aromatic carbocycles. The van der Waals surface area contributed by atoms with E-state index >= 15 is 0 Å². The zero-order valence-electron chi connectivity index (χ0n) is 10.9. The van der Waals surface area contributed by atoms with Crippen molar-refractivity contribution >= 4 is 5.91 Å². The number of aryl methyl sites for hydroxylation is 1. The molecule has 1 fully saturated rings. The van der Waals surface area contributed by atoms with Crippen LogP contribution in [0.2, 0.25) is 0 Å². The van der Waals surface area contributed by atoms with E-state index in [1.807, 2.05) is 18.0 Å². The second kappa shape index (κ2) is 5.91. The van der Waals surface area contributed by atoms with E-state index in [-0.39, 0.29) is 12.5 Å². The van der Waals surface area contributed by atoms with Crippen molar-refractivity contribution in [3.8, 4) is 0 Å². The fourth-order valence-corrected chi connectivity index (χ4v) is 2.48. The van der Waals surface area contributed by atoms with Gasteiger partial charge in [0.25, 0.3) is 0 Å². The Balaban J connectivity index is 2.07. The second-order valence-electron chi connectivity index (χ2n) is 4.70. The number of hydrogen-bond acceptors (Lipinski definition) is 4. The topological polar surface area (TPSA) is 55.3 Å². The van der Waals surface area contributed by atoms with Gasteiger partial charge >= 0.3 is 0 Å². The van der Waals surface area contributed by atoms with Gasteiger partial charge in [-0.3, -0.25) is 4.79 Å². The lowest BCUT2D eigenvalue weighted by atomic mass is 9.92. The SMILES string of the molecule is COCC(=O)N1CCC[C@@H](c2ncncc2C)C1. The van der Waals surface area contributed by atoms with Crippen molar-refractivity contribution in [1.82, 2.24) is 14.9 Å². The molecule has 1 aromatic rings. The maximum Gasteiger partial charge on any atom is 0.248 e.